The average Bonchev–Trinajstić information content (AvgIpc) is 3.05. The van der Waals surface area contributed by atoms with Crippen molar-refractivity contribution < 1.29 is 9.53 Å². The fourth-order valence-corrected chi connectivity index (χ4v) is 3.01. The summed E-state index contributed by atoms with van der Waals surface area (Å²) in [6.07, 6.45) is 2.30. The molecule has 1 N–H and O–H groups in total. The summed E-state index contributed by atoms with van der Waals surface area (Å²) in [5, 5.41) is 7.80. The van der Waals surface area contributed by atoms with Gasteiger partial charge in [0.25, 0.3) is 5.91 Å². The van der Waals surface area contributed by atoms with E-state index in [1.54, 1.807) is 31.5 Å². The Morgan fingerprint density at radius 3 is 2.69 bits per heavy atom. The third-order valence-corrected chi connectivity index (χ3v) is 4.35. The van der Waals surface area contributed by atoms with Crippen LogP contribution in [0.3, 0.4) is 0 Å². The Bertz CT molecular complexity index is 907. The molecule has 5 nitrogen and oxygen atoms in total. The van der Waals surface area contributed by atoms with Crippen LogP contribution in [-0.4, -0.2) is 22.8 Å². The second-order valence-corrected chi connectivity index (χ2v) is 6.24. The summed E-state index contributed by atoms with van der Waals surface area (Å²) in [5.41, 5.74) is 3.09. The zero-order valence-electron chi connectivity index (χ0n) is 14.7. The highest BCUT2D eigenvalue weighted by atomic mass is 35.5. The molecular formula is C20H20ClN3O2. The molecule has 0 atom stereocenters. The van der Waals surface area contributed by atoms with E-state index in [-0.39, 0.29) is 5.91 Å². The van der Waals surface area contributed by atoms with Crippen molar-refractivity contribution in [3.8, 4) is 5.75 Å². The Kier molecular flexibility index (Phi) is 5.58. The molecule has 0 saturated heterocycles. The van der Waals surface area contributed by atoms with Crippen molar-refractivity contribution in [1.82, 2.24) is 9.78 Å². The lowest BCUT2D eigenvalue weighted by molar-refractivity contribution is 0.102. The van der Waals surface area contributed by atoms with E-state index in [2.05, 4.69) is 10.4 Å². The molecule has 0 unspecified atom stereocenters. The molecule has 0 aliphatic carbocycles. The Morgan fingerprint density at radius 1 is 1.23 bits per heavy atom. The number of halogens is 1. The number of aromatic nitrogens is 2. The molecule has 1 amide bonds. The first-order valence-corrected chi connectivity index (χ1v) is 8.73. The van der Waals surface area contributed by atoms with E-state index in [1.807, 2.05) is 41.9 Å². The number of ether oxygens (including phenoxy) is 1. The molecule has 3 aromatic rings. The second kappa shape index (κ2) is 8.06. The summed E-state index contributed by atoms with van der Waals surface area (Å²) in [6.45, 7) is 2.63. The molecule has 134 valence electrons. The standard InChI is InChI=1S/C20H20ClN3O2/c1-3-18-16(12-22-24(18)13-14-7-5-4-6-8-14)20(25)23-17-11-15(21)9-10-19(17)26-2/h4-12H,3,13H2,1-2H3,(H,23,25). The molecule has 6 heteroatoms. The number of hydrogen-bond acceptors (Lipinski definition) is 3. The van der Waals surface area contributed by atoms with Crippen LogP contribution in [0, 0.1) is 0 Å². The van der Waals surface area contributed by atoms with Crippen molar-refractivity contribution in [3.05, 3.63) is 76.6 Å². The van der Waals surface area contributed by atoms with Gasteiger partial charge >= 0.3 is 0 Å². The summed E-state index contributed by atoms with van der Waals surface area (Å²) >= 11 is 6.03. The van der Waals surface area contributed by atoms with Gasteiger partial charge < -0.3 is 10.1 Å². The number of amides is 1. The highest BCUT2D eigenvalue weighted by Crippen LogP contribution is 2.28. The molecule has 0 fully saturated rings. The Balaban J connectivity index is 1.85. The van der Waals surface area contributed by atoms with Gasteiger partial charge in [0.05, 0.1) is 36.8 Å². The minimum atomic E-state index is -0.235. The molecular weight excluding hydrogens is 350 g/mol. The zero-order valence-corrected chi connectivity index (χ0v) is 15.5. The van der Waals surface area contributed by atoms with E-state index < -0.39 is 0 Å². The molecule has 0 aliphatic rings. The van der Waals surface area contributed by atoms with Gasteiger partial charge in [0.2, 0.25) is 0 Å². The Morgan fingerprint density at radius 2 is 2.00 bits per heavy atom. The lowest BCUT2D eigenvalue weighted by Crippen LogP contribution is -2.15. The molecule has 0 spiro atoms. The van der Waals surface area contributed by atoms with Crippen molar-refractivity contribution in [3.63, 3.8) is 0 Å². The van der Waals surface area contributed by atoms with Crippen LogP contribution >= 0.6 is 11.6 Å². The number of nitrogens with zero attached hydrogens (tertiary/aromatic N) is 2. The third-order valence-electron chi connectivity index (χ3n) is 4.11. The van der Waals surface area contributed by atoms with Crippen LogP contribution in [0.4, 0.5) is 5.69 Å². The maximum absolute atomic E-state index is 12.8. The molecule has 26 heavy (non-hydrogen) atoms. The van der Waals surface area contributed by atoms with E-state index in [1.165, 1.54) is 0 Å². The smallest absolute Gasteiger partial charge is 0.259 e. The number of carbonyl (C=O) groups excluding carboxylic acids is 1. The fraction of sp³-hybridized carbons (Fsp3) is 0.200. The Labute approximate surface area is 157 Å². The highest BCUT2D eigenvalue weighted by Gasteiger charge is 2.18. The van der Waals surface area contributed by atoms with Crippen LogP contribution < -0.4 is 10.1 Å². The van der Waals surface area contributed by atoms with E-state index in [0.29, 0.717) is 35.0 Å². The maximum atomic E-state index is 12.8. The lowest BCUT2D eigenvalue weighted by Gasteiger charge is -2.11. The first-order valence-electron chi connectivity index (χ1n) is 8.36. The molecule has 1 heterocycles. The van der Waals surface area contributed by atoms with Crippen LogP contribution in [0.15, 0.2) is 54.7 Å². The van der Waals surface area contributed by atoms with E-state index in [9.17, 15) is 4.79 Å². The lowest BCUT2D eigenvalue weighted by atomic mass is 10.1. The predicted molar refractivity (Wildman–Crippen MR) is 103 cm³/mol. The number of hydrogen-bond donors (Lipinski definition) is 1. The highest BCUT2D eigenvalue weighted by molar-refractivity contribution is 6.31. The number of rotatable bonds is 6. The van der Waals surface area contributed by atoms with Gasteiger partial charge in [0, 0.05) is 5.02 Å². The molecule has 3 rings (SSSR count). The zero-order chi connectivity index (χ0) is 18.5. The number of nitrogens with one attached hydrogen (secondary N) is 1. The molecule has 2 aromatic carbocycles. The maximum Gasteiger partial charge on any atom is 0.259 e. The average molecular weight is 370 g/mol. The topological polar surface area (TPSA) is 56.1 Å². The van der Waals surface area contributed by atoms with Gasteiger partial charge in [0.1, 0.15) is 5.75 Å². The van der Waals surface area contributed by atoms with Crippen LogP contribution in [0.1, 0.15) is 28.5 Å². The Hall–Kier alpha value is -2.79. The fourth-order valence-electron chi connectivity index (χ4n) is 2.83. The quantitative estimate of drug-likeness (QED) is 0.700. The van der Waals surface area contributed by atoms with Crippen molar-refractivity contribution in [2.45, 2.75) is 19.9 Å². The number of anilines is 1. The summed E-state index contributed by atoms with van der Waals surface area (Å²) < 4.78 is 7.14. The molecule has 0 radical (unpaired) electrons. The van der Waals surface area contributed by atoms with Gasteiger partial charge in [-0.05, 0) is 30.2 Å². The van der Waals surface area contributed by atoms with Gasteiger partial charge in [-0.3, -0.25) is 9.48 Å². The summed E-state index contributed by atoms with van der Waals surface area (Å²) in [5.74, 6) is 0.319. The van der Waals surface area contributed by atoms with Crippen molar-refractivity contribution in [2.75, 3.05) is 12.4 Å². The number of carbonyl (C=O) groups is 1. The van der Waals surface area contributed by atoms with Gasteiger partial charge in [-0.1, -0.05) is 48.9 Å². The van der Waals surface area contributed by atoms with Crippen molar-refractivity contribution >= 4 is 23.2 Å². The molecule has 0 saturated carbocycles. The van der Waals surface area contributed by atoms with Crippen LogP contribution in [0.5, 0.6) is 5.75 Å². The normalized spacial score (nSPS) is 10.6. The van der Waals surface area contributed by atoms with E-state index in [4.69, 9.17) is 16.3 Å². The molecule has 0 aliphatic heterocycles. The van der Waals surface area contributed by atoms with Gasteiger partial charge in [0.15, 0.2) is 0 Å². The molecule has 0 bridgehead atoms. The van der Waals surface area contributed by atoms with Gasteiger partial charge in [-0.2, -0.15) is 5.10 Å². The summed E-state index contributed by atoms with van der Waals surface area (Å²) in [4.78, 5) is 12.8. The number of methoxy groups -OCH3 is 1. The predicted octanol–water partition coefficient (Wildman–Crippen LogP) is 4.41. The largest absolute Gasteiger partial charge is 0.495 e. The van der Waals surface area contributed by atoms with Gasteiger partial charge in [-0.15, -0.1) is 0 Å². The monoisotopic (exact) mass is 369 g/mol. The van der Waals surface area contributed by atoms with Crippen molar-refractivity contribution in [1.29, 1.82) is 0 Å². The second-order valence-electron chi connectivity index (χ2n) is 5.80. The van der Waals surface area contributed by atoms with E-state index in [0.717, 1.165) is 11.3 Å². The minimum absolute atomic E-state index is 0.235. The van der Waals surface area contributed by atoms with E-state index >= 15 is 0 Å². The number of benzene rings is 2. The van der Waals surface area contributed by atoms with Gasteiger partial charge in [-0.25, -0.2) is 0 Å². The van der Waals surface area contributed by atoms with Crippen LogP contribution in [-0.2, 0) is 13.0 Å². The van der Waals surface area contributed by atoms with Crippen molar-refractivity contribution in [2.24, 2.45) is 0 Å². The first-order chi connectivity index (χ1) is 12.6. The molecule has 1 aromatic heterocycles. The first kappa shape index (κ1) is 18.0. The summed E-state index contributed by atoms with van der Waals surface area (Å²) in [7, 11) is 1.55. The minimum Gasteiger partial charge on any atom is -0.495 e. The van der Waals surface area contributed by atoms with Crippen LogP contribution in [0.2, 0.25) is 5.02 Å². The summed E-state index contributed by atoms with van der Waals surface area (Å²) in [6, 6.07) is 15.1. The SMILES string of the molecule is CCc1c(C(=O)Nc2cc(Cl)ccc2OC)cnn1Cc1ccccc1. The third kappa shape index (κ3) is 3.89. The van der Waals surface area contributed by atoms with Crippen LogP contribution in [0.25, 0.3) is 0 Å².